The molecular weight excluding hydrogens is 238 g/mol. The summed E-state index contributed by atoms with van der Waals surface area (Å²) in [7, 11) is 0. The number of benzene rings is 1. The molecule has 1 fully saturated rings. The minimum absolute atomic E-state index is 0.0873. The first-order valence-corrected chi connectivity index (χ1v) is 7.10. The number of hydrogen-bond acceptors (Lipinski definition) is 3. The highest BCUT2D eigenvalue weighted by Gasteiger charge is 2.28. The molecule has 1 aliphatic heterocycles. The lowest BCUT2D eigenvalue weighted by molar-refractivity contribution is 0.0909. The Morgan fingerprint density at radius 3 is 2.84 bits per heavy atom. The van der Waals surface area contributed by atoms with Gasteiger partial charge < -0.3 is 15.2 Å². The molecule has 0 saturated carbocycles. The van der Waals surface area contributed by atoms with Crippen molar-refractivity contribution in [3.05, 3.63) is 34.9 Å². The fourth-order valence-corrected chi connectivity index (χ4v) is 2.71. The van der Waals surface area contributed by atoms with Gasteiger partial charge in [-0.3, -0.25) is 0 Å². The van der Waals surface area contributed by atoms with Crippen molar-refractivity contribution in [1.82, 2.24) is 5.32 Å². The zero-order valence-corrected chi connectivity index (χ0v) is 12.2. The number of hydrogen-bond donors (Lipinski definition) is 2. The fourth-order valence-electron chi connectivity index (χ4n) is 2.71. The predicted molar refractivity (Wildman–Crippen MR) is 77.3 cm³/mol. The summed E-state index contributed by atoms with van der Waals surface area (Å²) in [6.45, 7) is 7.99. The molecule has 2 N–H and O–H groups in total. The smallest absolute Gasteiger partial charge is 0.0700 e. The number of aliphatic hydroxyl groups is 1. The summed E-state index contributed by atoms with van der Waals surface area (Å²) in [5.41, 5.74) is 3.20. The highest BCUT2D eigenvalue weighted by Crippen LogP contribution is 2.25. The third-order valence-electron chi connectivity index (χ3n) is 4.05. The normalized spacial score (nSPS) is 22.4. The van der Waals surface area contributed by atoms with E-state index in [-0.39, 0.29) is 12.7 Å². The van der Waals surface area contributed by atoms with Gasteiger partial charge in [-0.2, -0.15) is 0 Å². The summed E-state index contributed by atoms with van der Waals surface area (Å²) in [6.07, 6.45) is 2.54. The Balaban J connectivity index is 2.13. The zero-order chi connectivity index (χ0) is 13.9. The van der Waals surface area contributed by atoms with E-state index in [2.05, 4.69) is 44.3 Å². The fraction of sp³-hybridized carbons (Fsp3) is 0.625. The van der Waals surface area contributed by atoms with Crippen molar-refractivity contribution in [2.45, 2.75) is 45.3 Å². The zero-order valence-electron chi connectivity index (χ0n) is 12.2. The maximum atomic E-state index is 9.82. The van der Waals surface area contributed by atoms with E-state index in [1.165, 1.54) is 16.7 Å². The van der Waals surface area contributed by atoms with Crippen molar-refractivity contribution in [1.29, 1.82) is 0 Å². The second kappa shape index (κ2) is 6.04. The summed E-state index contributed by atoms with van der Waals surface area (Å²) in [6, 6.07) is 6.39. The molecule has 0 spiro atoms. The second-order valence-electron chi connectivity index (χ2n) is 5.82. The highest BCUT2D eigenvalue weighted by molar-refractivity contribution is 5.36. The van der Waals surface area contributed by atoms with Gasteiger partial charge in [0.05, 0.1) is 18.2 Å². The summed E-state index contributed by atoms with van der Waals surface area (Å²) < 4.78 is 5.64. The van der Waals surface area contributed by atoms with Gasteiger partial charge in [-0.15, -0.1) is 0 Å². The molecule has 2 rings (SSSR count). The largest absolute Gasteiger partial charge is 0.394 e. The Hall–Kier alpha value is -0.900. The lowest BCUT2D eigenvalue weighted by Crippen LogP contribution is -2.46. The van der Waals surface area contributed by atoms with Crippen molar-refractivity contribution >= 4 is 0 Å². The van der Waals surface area contributed by atoms with Gasteiger partial charge in [0.15, 0.2) is 0 Å². The molecular formula is C16H25NO2. The van der Waals surface area contributed by atoms with Gasteiger partial charge in [0.2, 0.25) is 0 Å². The Morgan fingerprint density at radius 2 is 2.21 bits per heavy atom. The van der Waals surface area contributed by atoms with E-state index in [1.54, 1.807) is 0 Å². The van der Waals surface area contributed by atoms with Crippen LogP contribution in [0.5, 0.6) is 0 Å². The van der Waals surface area contributed by atoms with E-state index in [4.69, 9.17) is 4.74 Å². The van der Waals surface area contributed by atoms with Gasteiger partial charge in [-0.1, -0.05) is 23.8 Å². The number of aryl methyl sites for hydroxylation is 2. The van der Waals surface area contributed by atoms with Crippen LogP contribution in [0.25, 0.3) is 0 Å². The van der Waals surface area contributed by atoms with Gasteiger partial charge >= 0.3 is 0 Å². The Bertz CT molecular complexity index is 427. The monoisotopic (exact) mass is 263 g/mol. The van der Waals surface area contributed by atoms with Gasteiger partial charge in [0.1, 0.15) is 0 Å². The third-order valence-corrected chi connectivity index (χ3v) is 4.05. The SMILES string of the molecule is Cc1ccc(C)c(C(C)(CO)NCC2CCCO2)c1. The van der Waals surface area contributed by atoms with Crippen LogP contribution in [0.3, 0.4) is 0 Å². The van der Waals surface area contributed by atoms with Crippen molar-refractivity contribution in [2.75, 3.05) is 19.8 Å². The Labute approximate surface area is 116 Å². The predicted octanol–water partition coefficient (Wildman–Crippen LogP) is 2.28. The molecule has 106 valence electrons. The molecule has 3 heteroatoms. The number of ether oxygens (including phenoxy) is 1. The topological polar surface area (TPSA) is 41.5 Å². The summed E-state index contributed by atoms with van der Waals surface area (Å²) in [5, 5.41) is 13.3. The minimum Gasteiger partial charge on any atom is -0.394 e. The lowest BCUT2D eigenvalue weighted by Gasteiger charge is -2.32. The van der Waals surface area contributed by atoms with Crippen molar-refractivity contribution in [3.63, 3.8) is 0 Å². The molecule has 19 heavy (non-hydrogen) atoms. The quantitative estimate of drug-likeness (QED) is 0.856. The average Bonchev–Trinajstić information content (AvgIpc) is 2.92. The number of nitrogens with one attached hydrogen (secondary N) is 1. The molecule has 2 unspecified atom stereocenters. The van der Waals surface area contributed by atoms with Crippen LogP contribution in [0.4, 0.5) is 0 Å². The minimum atomic E-state index is -0.401. The van der Waals surface area contributed by atoms with Crippen molar-refractivity contribution in [2.24, 2.45) is 0 Å². The molecule has 3 nitrogen and oxygen atoms in total. The van der Waals surface area contributed by atoms with Gasteiger partial charge in [-0.25, -0.2) is 0 Å². The molecule has 1 aromatic rings. The Morgan fingerprint density at radius 1 is 1.42 bits per heavy atom. The molecule has 1 aromatic carbocycles. The average molecular weight is 263 g/mol. The first-order valence-electron chi connectivity index (χ1n) is 7.10. The van der Waals surface area contributed by atoms with Crippen LogP contribution in [-0.4, -0.2) is 31.0 Å². The van der Waals surface area contributed by atoms with Crippen LogP contribution < -0.4 is 5.32 Å². The standard InChI is InChI=1S/C16H25NO2/c1-12-6-7-13(2)15(9-12)16(3,11-18)17-10-14-5-4-8-19-14/h6-7,9,14,17-18H,4-5,8,10-11H2,1-3H3. The van der Waals surface area contributed by atoms with Gasteiger partial charge in [0.25, 0.3) is 0 Å². The molecule has 1 saturated heterocycles. The van der Waals surface area contributed by atoms with E-state index in [9.17, 15) is 5.11 Å². The van der Waals surface area contributed by atoms with Crippen LogP contribution in [-0.2, 0) is 10.3 Å². The molecule has 0 radical (unpaired) electrons. The van der Waals surface area contributed by atoms with E-state index in [0.29, 0.717) is 0 Å². The maximum absolute atomic E-state index is 9.82. The highest BCUT2D eigenvalue weighted by atomic mass is 16.5. The third kappa shape index (κ3) is 3.35. The van der Waals surface area contributed by atoms with E-state index >= 15 is 0 Å². The van der Waals surface area contributed by atoms with Crippen molar-refractivity contribution in [3.8, 4) is 0 Å². The first kappa shape index (κ1) is 14.5. The van der Waals surface area contributed by atoms with E-state index in [1.807, 2.05) is 0 Å². The molecule has 0 amide bonds. The maximum Gasteiger partial charge on any atom is 0.0700 e. The van der Waals surface area contributed by atoms with Gasteiger partial charge in [-0.05, 0) is 44.7 Å². The van der Waals surface area contributed by atoms with Crippen molar-refractivity contribution < 1.29 is 9.84 Å². The molecule has 1 heterocycles. The molecule has 1 aliphatic rings. The first-order chi connectivity index (χ1) is 9.05. The van der Waals surface area contributed by atoms with E-state index < -0.39 is 5.54 Å². The number of rotatable bonds is 5. The van der Waals surface area contributed by atoms with Crippen LogP contribution in [0.2, 0.25) is 0 Å². The van der Waals surface area contributed by atoms with Crippen LogP contribution in [0.1, 0.15) is 36.5 Å². The van der Waals surface area contributed by atoms with Gasteiger partial charge in [0, 0.05) is 13.2 Å². The van der Waals surface area contributed by atoms with E-state index in [0.717, 1.165) is 26.0 Å². The summed E-state index contributed by atoms with van der Waals surface area (Å²) in [5.74, 6) is 0. The Kier molecular flexibility index (Phi) is 4.61. The second-order valence-corrected chi connectivity index (χ2v) is 5.82. The van der Waals surface area contributed by atoms with Crippen LogP contribution in [0.15, 0.2) is 18.2 Å². The summed E-state index contributed by atoms with van der Waals surface area (Å²) in [4.78, 5) is 0. The molecule has 0 bridgehead atoms. The lowest BCUT2D eigenvalue weighted by atomic mass is 9.88. The number of aliphatic hydroxyl groups excluding tert-OH is 1. The molecule has 0 aliphatic carbocycles. The van der Waals surface area contributed by atoms with Crippen LogP contribution in [0, 0.1) is 13.8 Å². The molecule has 2 atom stereocenters. The summed E-state index contributed by atoms with van der Waals surface area (Å²) >= 11 is 0. The van der Waals surface area contributed by atoms with Crippen LogP contribution >= 0.6 is 0 Å². The molecule has 0 aromatic heterocycles.